The van der Waals surface area contributed by atoms with Gasteiger partial charge in [-0.15, -0.1) is 0 Å². The summed E-state index contributed by atoms with van der Waals surface area (Å²) in [5.74, 6) is 1.17. The lowest BCUT2D eigenvalue weighted by Gasteiger charge is -1.98. The Hall–Kier alpha value is -0.990. The molecule has 4 heteroatoms. The Balaban J connectivity index is 2.42. The molecule has 2 aromatic rings. The van der Waals surface area contributed by atoms with Crippen molar-refractivity contribution in [1.29, 1.82) is 0 Å². The minimum atomic E-state index is 0.316. The van der Waals surface area contributed by atoms with Crippen LogP contribution >= 0.6 is 23.2 Å². The van der Waals surface area contributed by atoms with E-state index in [2.05, 4.69) is 19.0 Å². The summed E-state index contributed by atoms with van der Waals surface area (Å²) in [6.45, 7) is 4.10. The molecule has 0 saturated heterocycles. The number of hydrogen-bond acceptors (Lipinski definition) is 2. The molecule has 1 aromatic carbocycles. The molecule has 0 aliphatic heterocycles. The molecule has 0 aliphatic carbocycles. The van der Waals surface area contributed by atoms with E-state index in [1.165, 1.54) is 0 Å². The molecular weight excluding hydrogens is 245 g/mol. The molecule has 0 saturated carbocycles. The summed E-state index contributed by atoms with van der Waals surface area (Å²) in [5.41, 5.74) is 1.63. The van der Waals surface area contributed by atoms with E-state index in [9.17, 15) is 0 Å². The van der Waals surface area contributed by atoms with Crippen molar-refractivity contribution in [3.05, 3.63) is 40.1 Å². The molecule has 1 aromatic heterocycles. The van der Waals surface area contributed by atoms with Crippen LogP contribution in [0.4, 0.5) is 0 Å². The molecule has 84 valence electrons. The van der Waals surface area contributed by atoms with Gasteiger partial charge in [0.25, 0.3) is 0 Å². The molecule has 2 rings (SSSR count). The van der Waals surface area contributed by atoms with Crippen LogP contribution in [0.5, 0.6) is 0 Å². The van der Waals surface area contributed by atoms with Crippen molar-refractivity contribution >= 4 is 23.2 Å². The fourth-order valence-electron chi connectivity index (χ4n) is 1.40. The van der Waals surface area contributed by atoms with Crippen LogP contribution in [0, 0.1) is 0 Å². The molecule has 0 fully saturated rings. The molecule has 0 N–H and O–H groups in total. The van der Waals surface area contributed by atoms with E-state index in [1.54, 1.807) is 6.07 Å². The SMILES string of the molecule is CC(C)c1cc(-c2cc(Cl)cc(Cl)c2)no1. The van der Waals surface area contributed by atoms with Crippen molar-refractivity contribution in [3.8, 4) is 11.3 Å². The minimum absolute atomic E-state index is 0.316. The third-order valence-corrected chi connectivity index (χ3v) is 2.69. The van der Waals surface area contributed by atoms with Crippen LogP contribution in [0.3, 0.4) is 0 Å². The summed E-state index contributed by atoms with van der Waals surface area (Å²) < 4.78 is 5.22. The van der Waals surface area contributed by atoms with Crippen LogP contribution in [0.1, 0.15) is 25.5 Å². The Morgan fingerprint density at radius 1 is 1.06 bits per heavy atom. The third kappa shape index (κ3) is 2.39. The first-order valence-electron chi connectivity index (χ1n) is 4.99. The van der Waals surface area contributed by atoms with Gasteiger partial charge in [-0.1, -0.05) is 42.2 Å². The first-order valence-corrected chi connectivity index (χ1v) is 5.75. The average Bonchev–Trinajstić information content (AvgIpc) is 2.64. The maximum absolute atomic E-state index is 5.93. The number of halogens is 2. The summed E-state index contributed by atoms with van der Waals surface area (Å²) >= 11 is 11.9. The van der Waals surface area contributed by atoms with E-state index < -0.39 is 0 Å². The van der Waals surface area contributed by atoms with Crippen LogP contribution < -0.4 is 0 Å². The van der Waals surface area contributed by atoms with Crippen molar-refractivity contribution in [2.75, 3.05) is 0 Å². The number of benzene rings is 1. The summed E-state index contributed by atoms with van der Waals surface area (Å²) in [4.78, 5) is 0. The molecule has 0 radical (unpaired) electrons. The third-order valence-electron chi connectivity index (χ3n) is 2.26. The molecule has 16 heavy (non-hydrogen) atoms. The Morgan fingerprint density at radius 2 is 1.69 bits per heavy atom. The first kappa shape index (κ1) is 11.5. The second-order valence-corrected chi connectivity index (χ2v) is 4.80. The van der Waals surface area contributed by atoms with Crippen molar-refractivity contribution in [3.63, 3.8) is 0 Å². The van der Waals surface area contributed by atoms with Gasteiger partial charge in [-0.3, -0.25) is 0 Å². The molecule has 0 aliphatic rings. The van der Waals surface area contributed by atoms with Crippen molar-refractivity contribution in [1.82, 2.24) is 5.16 Å². The normalized spacial score (nSPS) is 11.1. The van der Waals surface area contributed by atoms with Crippen LogP contribution in [-0.2, 0) is 0 Å². The van der Waals surface area contributed by atoms with Gasteiger partial charge in [0, 0.05) is 27.6 Å². The fraction of sp³-hybridized carbons (Fsp3) is 0.250. The standard InChI is InChI=1S/C12H11Cl2NO/c1-7(2)12-6-11(15-16-12)8-3-9(13)5-10(14)4-8/h3-7H,1-2H3. The van der Waals surface area contributed by atoms with Crippen molar-refractivity contribution < 1.29 is 4.52 Å². The lowest BCUT2D eigenvalue weighted by molar-refractivity contribution is 0.373. The zero-order valence-corrected chi connectivity index (χ0v) is 10.5. The highest BCUT2D eigenvalue weighted by atomic mass is 35.5. The van der Waals surface area contributed by atoms with Gasteiger partial charge in [0.05, 0.1) is 0 Å². The lowest BCUT2D eigenvalue weighted by atomic mass is 10.1. The van der Waals surface area contributed by atoms with Gasteiger partial charge in [0.1, 0.15) is 11.5 Å². The second-order valence-electron chi connectivity index (χ2n) is 3.93. The summed E-state index contributed by atoms with van der Waals surface area (Å²) in [5, 5.41) is 5.19. The van der Waals surface area contributed by atoms with Crippen LogP contribution in [0.25, 0.3) is 11.3 Å². The molecule has 0 atom stereocenters. The number of hydrogen-bond donors (Lipinski definition) is 0. The van der Waals surface area contributed by atoms with Gasteiger partial charge in [0.15, 0.2) is 0 Å². The number of nitrogens with zero attached hydrogens (tertiary/aromatic N) is 1. The van der Waals surface area contributed by atoms with Crippen LogP contribution in [0.2, 0.25) is 10.0 Å². The molecule has 0 amide bonds. The highest BCUT2D eigenvalue weighted by Crippen LogP contribution is 2.28. The highest BCUT2D eigenvalue weighted by Gasteiger charge is 2.10. The van der Waals surface area contributed by atoms with E-state index in [1.807, 2.05) is 18.2 Å². The van der Waals surface area contributed by atoms with Gasteiger partial charge in [-0.25, -0.2) is 0 Å². The fourth-order valence-corrected chi connectivity index (χ4v) is 1.93. The Kier molecular flexibility index (Phi) is 3.22. The zero-order valence-electron chi connectivity index (χ0n) is 9.00. The van der Waals surface area contributed by atoms with Crippen molar-refractivity contribution in [2.45, 2.75) is 19.8 Å². The predicted octanol–water partition coefficient (Wildman–Crippen LogP) is 4.77. The van der Waals surface area contributed by atoms with E-state index in [0.717, 1.165) is 17.0 Å². The summed E-state index contributed by atoms with van der Waals surface area (Å²) in [6.07, 6.45) is 0. The van der Waals surface area contributed by atoms with Gasteiger partial charge in [-0.2, -0.15) is 0 Å². The lowest BCUT2D eigenvalue weighted by Crippen LogP contribution is -1.80. The predicted molar refractivity (Wildman–Crippen MR) is 66.0 cm³/mol. The quantitative estimate of drug-likeness (QED) is 0.773. The molecule has 2 nitrogen and oxygen atoms in total. The summed E-state index contributed by atoms with van der Waals surface area (Å²) in [6, 6.07) is 7.23. The van der Waals surface area contributed by atoms with Gasteiger partial charge in [0.2, 0.25) is 0 Å². The smallest absolute Gasteiger partial charge is 0.139 e. The average molecular weight is 256 g/mol. The minimum Gasteiger partial charge on any atom is -0.361 e. The van der Waals surface area contributed by atoms with E-state index in [4.69, 9.17) is 27.7 Å². The first-order chi connectivity index (χ1) is 7.56. The Morgan fingerprint density at radius 3 is 2.19 bits per heavy atom. The van der Waals surface area contributed by atoms with Gasteiger partial charge < -0.3 is 4.52 Å². The maximum atomic E-state index is 5.93. The van der Waals surface area contributed by atoms with E-state index in [0.29, 0.717) is 16.0 Å². The zero-order chi connectivity index (χ0) is 11.7. The summed E-state index contributed by atoms with van der Waals surface area (Å²) in [7, 11) is 0. The maximum Gasteiger partial charge on any atom is 0.139 e. The van der Waals surface area contributed by atoms with Crippen LogP contribution in [0.15, 0.2) is 28.8 Å². The Labute approximate surface area is 104 Å². The molecule has 1 heterocycles. The molecular formula is C12H11Cl2NO. The molecule has 0 bridgehead atoms. The second kappa shape index (κ2) is 4.48. The largest absolute Gasteiger partial charge is 0.361 e. The monoisotopic (exact) mass is 255 g/mol. The van der Waals surface area contributed by atoms with E-state index in [-0.39, 0.29) is 0 Å². The molecule has 0 spiro atoms. The molecule has 0 unspecified atom stereocenters. The number of rotatable bonds is 2. The van der Waals surface area contributed by atoms with Gasteiger partial charge >= 0.3 is 0 Å². The topological polar surface area (TPSA) is 26.0 Å². The highest BCUT2D eigenvalue weighted by molar-refractivity contribution is 6.35. The van der Waals surface area contributed by atoms with Gasteiger partial charge in [-0.05, 0) is 18.2 Å². The van der Waals surface area contributed by atoms with E-state index >= 15 is 0 Å². The number of aromatic nitrogens is 1. The van der Waals surface area contributed by atoms with Crippen molar-refractivity contribution in [2.24, 2.45) is 0 Å². The van der Waals surface area contributed by atoms with Crippen LogP contribution in [-0.4, -0.2) is 5.16 Å². The Bertz CT molecular complexity index is 485.